The van der Waals surface area contributed by atoms with E-state index in [2.05, 4.69) is 5.32 Å². The van der Waals surface area contributed by atoms with Crippen molar-refractivity contribution < 1.29 is 19.0 Å². The summed E-state index contributed by atoms with van der Waals surface area (Å²) in [5.74, 6) is -0.766. The number of phenols is 1. The zero-order chi connectivity index (χ0) is 15.6. The fourth-order valence-electron chi connectivity index (χ4n) is 1.94. The van der Waals surface area contributed by atoms with Gasteiger partial charge in [-0.3, -0.25) is 4.79 Å². The molecule has 0 heterocycles. The highest BCUT2D eigenvalue weighted by Gasteiger charge is 2.12. The molecule has 0 aliphatic rings. The summed E-state index contributed by atoms with van der Waals surface area (Å²) in [6, 6.07) is 7.25. The second-order valence-corrected chi connectivity index (χ2v) is 4.76. The van der Waals surface area contributed by atoms with Crippen LogP contribution in [-0.4, -0.2) is 18.1 Å². The van der Waals surface area contributed by atoms with Crippen molar-refractivity contribution in [2.75, 3.05) is 12.4 Å². The van der Waals surface area contributed by atoms with Gasteiger partial charge in [0.1, 0.15) is 5.75 Å². The number of aryl methyl sites for hydroxylation is 2. The first-order valence-electron chi connectivity index (χ1n) is 6.37. The average Bonchev–Trinajstić information content (AvgIpc) is 2.44. The zero-order valence-electron chi connectivity index (χ0n) is 12.0. The SMILES string of the molecule is COc1ccc(C(=O)Nc2cc(C)c(O)cc2C)cc1F. The quantitative estimate of drug-likeness (QED) is 0.851. The largest absolute Gasteiger partial charge is 0.508 e. The number of ether oxygens (including phenoxy) is 1. The number of nitrogens with one attached hydrogen (secondary N) is 1. The van der Waals surface area contributed by atoms with Gasteiger partial charge in [-0.1, -0.05) is 0 Å². The summed E-state index contributed by atoms with van der Waals surface area (Å²) < 4.78 is 18.4. The van der Waals surface area contributed by atoms with Crippen molar-refractivity contribution in [3.63, 3.8) is 0 Å². The van der Waals surface area contributed by atoms with E-state index in [-0.39, 0.29) is 17.1 Å². The molecule has 2 N–H and O–H groups in total. The predicted molar refractivity (Wildman–Crippen MR) is 78.5 cm³/mol. The van der Waals surface area contributed by atoms with Crippen LogP contribution in [0.4, 0.5) is 10.1 Å². The van der Waals surface area contributed by atoms with Crippen molar-refractivity contribution in [1.82, 2.24) is 0 Å². The number of halogens is 1. The van der Waals surface area contributed by atoms with Gasteiger partial charge in [0.2, 0.25) is 0 Å². The molecule has 2 rings (SSSR count). The number of carbonyl (C=O) groups is 1. The standard InChI is InChI=1S/C16H16FNO3/c1-9-7-14(19)10(2)6-13(9)18-16(20)11-4-5-15(21-3)12(17)8-11/h4-8,19H,1-3H3,(H,18,20). The molecule has 1 amide bonds. The molecule has 2 aromatic rings. The van der Waals surface area contributed by atoms with Crippen LogP contribution in [0.5, 0.6) is 11.5 Å². The van der Waals surface area contributed by atoms with Crippen molar-refractivity contribution in [3.8, 4) is 11.5 Å². The molecule has 0 spiro atoms. The van der Waals surface area contributed by atoms with E-state index in [4.69, 9.17) is 4.74 Å². The molecule has 0 aliphatic heterocycles. The molecule has 0 aliphatic carbocycles. The highest BCUT2D eigenvalue weighted by molar-refractivity contribution is 6.04. The summed E-state index contributed by atoms with van der Waals surface area (Å²) in [4.78, 5) is 12.1. The van der Waals surface area contributed by atoms with E-state index in [1.54, 1.807) is 26.0 Å². The molecule has 0 bridgehead atoms. The van der Waals surface area contributed by atoms with Crippen LogP contribution in [0.1, 0.15) is 21.5 Å². The van der Waals surface area contributed by atoms with Gasteiger partial charge in [-0.15, -0.1) is 0 Å². The van der Waals surface area contributed by atoms with Gasteiger partial charge in [0, 0.05) is 11.3 Å². The predicted octanol–water partition coefficient (Wildman–Crippen LogP) is 3.41. The molecule has 5 heteroatoms. The Morgan fingerprint density at radius 1 is 1.19 bits per heavy atom. The number of methoxy groups -OCH3 is 1. The van der Waals surface area contributed by atoms with Crippen molar-refractivity contribution in [3.05, 3.63) is 52.8 Å². The normalized spacial score (nSPS) is 10.3. The van der Waals surface area contributed by atoms with Crippen LogP contribution >= 0.6 is 0 Å². The molecule has 2 aromatic carbocycles. The maximum absolute atomic E-state index is 13.6. The lowest BCUT2D eigenvalue weighted by atomic mass is 10.1. The number of carbonyl (C=O) groups excluding carboxylic acids is 1. The van der Waals surface area contributed by atoms with Crippen LogP contribution in [0.2, 0.25) is 0 Å². The van der Waals surface area contributed by atoms with Gasteiger partial charge in [-0.05, 0) is 55.3 Å². The number of amides is 1. The zero-order valence-corrected chi connectivity index (χ0v) is 12.0. The lowest BCUT2D eigenvalue weighted by Crippen LogP contribution is -2.13. The Morgan fingerprint density at radius 3 is 2.52 bits per heavy atom. The number of aromatic hydroxyl groups is 1. The third kappa shape index (κ3) is 3.13. The van der Waals surface area contributed by atoms with Crippen LogP contribution < -0.4 is 10.1 Å². The maximum Gasteiger partial charge on any atom is 0.255 e. The van der Waals surface area contributed by atoms with Gasteiger partial charge in [0.15, 0.2) is 11.6 Å². The summed E-state index contributed by atoms with van der Waals surface area (Å²) in [6.45, 7) is 3.50. The highest BCUT2D eigenvalue weighted by atomic mass is 19.1. The Bertz CT molecular complexity index is 698. The Balaban J connectivity index is 2.26. The van der Waals surface area contributed by atoms with Gasteiger partial charge in [-0.2, -0.15) is 0 Å². The number of hydrogen-bond donors (Lipinski definition) is 2. The third-order valence-electron chi connectivity index (χ3n) is 3.21. The molecular weight excluding hydrogens is 273 g/mol. The van der Waals surface area contributed by atoms with Crippen molar-refractivity contribution >= 4 is 11.6 Å². The molecule has 21 heavy (non-hydrogen) atoms. The first-order chi connectivity index (χ1) is 9.92. The lowest BCUT2D eigenvalue weighted by molar-refractivity contribution is 0.102. The van der Waals surface area contributed by atoms with Gasteiger partial charge in [0.05, 0.1) is 7.11 Å². The van der Waals surface area contributed by atoms with Crippen molar-refractivity contribution in [2.45, 2.75) is 13.8 Å². The Labute approximate surface area is 122 Å². The van der Waals surface area contributed by atoms with E-state index in [1.165, 1.54) is 19.2 Å². The molecule has 0 saturated heterocycles. The number of anilines is 1. The Morgan fingerprint density at radius 2 is 1.90 bits per heavy atom. The van der Waals surface area contributed by atoms with Gasteiger partial charge >= 0.3 is 0 Å². The maximum atomic E-state index is 13.6. The third-order valence-corrected chi connectivity index (χ3v) is 3.21. The molecule has 4 nitrogen and oxygen atoms in total. The van der Waals surface area contributed by atoms with Crippen LogP contribution in [0.15, 0.2) is 30.3 Å². The van der Waals surface area contributed by atoms with Gasteiger partial charge < -0.3 is 15.2 Å². The summed E-state index contributed by atoms with van der Waals surface area (Å²) in [5, 5.41) is 12.3. The second-order valence-electron chi connectivity index (χ2n) is 4.76. The van der Waals surface area contributed by atoms with Gasteiger partial charge in [-0.25, -0.2) is 4.39 Å². The molecule has 0 fully saturated rings. The van der Waals surface area contributed by atoms with Crippen LogP contribution in [0.25, 0.3) is 0 Å². The topological polar surface area (TPSA) is 58.6 Å². The minimum Gasteiger partial charge on any atom is -0.508 e. The Hall–Kier alpha value is -2.56. The number of hydrogen-bond acceptors (Lipinski definition) is 3. The lowest BCUT2D eigenvalue weighted by Gasteiger charge is -2.11. The van der Waals surface area contributed by atoms with E-state index in [9.17, 15) is 14.3 Å². The monoisotopic (exact) mass is 289 g/mol. The van der Waals surface area contributed by atoms with E-state index in [0.29, 0.717) is 11.3 Å². The minimum absolute atomic E-state index is 0.0863. The highest BCUT2D eigenvalue weighted by Crippen LogP contribution is 2.26. The molecule has 0 aromatic heterocycles. The van der Waals surface area contributed by atoms with Crippen LogP contribution in [0.3, 0.4) is 0 Å². The van der Waals surface area contributed by atoms with E-state index >= 15 is 0 Å². The van der Waals surface area contributed by atoms with Gasteiger partial charge in [0.25, 0.3) is 5.91 Å². The average molecular weight is 289 g/mol. The smallest absolute Gasteiger partial charge is 0.255 e. The van der Waals surface area contributed by atoms with Crippen LogP contribution in [-0.2, 0) is 0 Å². The second kappa shape index (κ2) is 5.83. The summed E-state index contributed by atoms with van der Waals surface area (Å²) in [6.07, 6.45) is 0. The summed E-state index contributed by atoms with van der Waals surface area (Å²) >= 11 is 0. The fraction of sp³-hybridized carbons (Fsp3) is 0.188. The number of phenolic OH excluding ortho intramolecular Hbond substituents is 1. The molecule has 0 unspecified atom stereocenters. The number of benzene rings is 2. The molecule has 110 valence electrons. The minimum atomic E-state index is -0.594. The molecular formula is C16H16FNO3. The molecule has 0 atom stereocenters. The fourth-order valence-corrected chi connectivity index (χ4v) is 1.94. The van der Waals surface area contributed by atoms with Crippen molar-refractivity contribution in [2.24, 2.45) is 0 Å². The van der Waals surface area contributed by atoms with E-state index in [1.807, 2.05) is 0 Å². The van der Waals surface area contributed by atoms with E-state index in [0.717, 1.165) is 11.6 Å². The summed E-state index contributed by atoms with van der Waals surface area (Å²) in [5.41, 5.74) is 2.14. The number of rotatable bonds is 3. The first kappa shape index (κ1) is 14.8. The molecule has 0 saturated carbocycles. The molecule has 0 radical (unpaired) electrons. The van der Waals surface area contributed by atoms with Crippen molar-refractivity contribution in [1.29, 1.82) is 0 Å². The van der Waals surface area contributed by atoms with E-state index < -0.39 is 11.7 Å². The van der Waals surface area contributed by atoms with Crippen LogP contribution in [0, 0.1) is 19.7 Å². The summed E-state index contributed by atoms with van der Waals surface area (Å²) in [7, 11) is 1.36. The Kier molecular flexibility index (Phi) is 4.12. The first-order valence-corrected chi connectivity index (χ1v) is 6.37.